The zero-order chi connectivity index (χ0) is 23.5. The first-order valence-electron chi connectivity index (χ1n) is 10.7. The smallest absolute Gasteiger partial charge is 0.251 e. The summed E-state index contributed by atoms with van der Waals surface area (Å²) in [6, 6.07) is 20.8. The van der Waals surface area contributed by atoms with Crippen LogP contribution < -0.4 is 11.1 Å². The number of carbonyl (C=O) groups excluding carboxylic acids is 1. The molecule has 0 fully saturated rings. The van der Waals surface area contributed by atoms with Crippen molar-refractivity contribution in [3.8, 4) is 6.07 Å². The van der Waals surface area contributed by atoms with Crippen molar-refractivity contribution in [3.05, 3.63) is 107 Å². The molecule has 0 saturated heterocycles. The van der Waals surface area contributed by atoms with E-state index in [0.29, 0.717) is 29.9 Å². The number of nitrogens with two attached hydrogens (primary N) is 1. The maximum absolute atomic E-state index is 12.8. The van der Waals surface area contributed by atoms with Crippen LogP contribution in [0.15, 0.2) is 79.3 Å². The number of carbonyl (C=O) groups is 1. The van der Waals surface area contributed by atoms with E-state index in [-0.39, 0.29) is 5.91 Å². The first-order valence-corrected chi connectivity index (χ1v) is 10.7. The van der Waals surface area contributed by atoms with E-state index in [1.54, 1.807) is 42.9 Å². The second-order valence-electron chi connectivity index (χ2n) is 8.01. The number of anilines is 1. The van der Waals surface area contributed by atoms with Crippen molar-refractivity contribution in [2.75, 3.05) is 5.73 Å². The van der Waals surface area contributed by atoms with E-state index in [9.17, 15) is 4.79 Å². The normalized spacial score (nSPS) is 10.8. The van der Waals surface area contributed by atoms with Gasteiger partial charge in [-0.05, 0) is 59.0 Å². The highest BCUT2D eigenvalue weighted by molar-refractivity contribution is 5.94. The summed E-state index contributed by atoms with van der Waals surface area (Å²) >= 11 is 0. The summed E-state index contributed by atoms with van der Waals surface area (Å²) in [7, 11) is 0. The molecule has 3 aromatic heterocycles. The molecular formula is C27H20N6O. The van der Waals surface area contributed by atoms with Gasteiger partial charge in [0.2, 0.25) is 0 Å². The van der Waals surface area contributed by atoms with E-state index in [4.69, 9.17) is 11.0 Å². The van der Waals surface area contributed by atoms with Gasteiger partial charge in [-0.2, -0.15) is 5.26 Å². The Kier molecular flexibility index (Phi) is 5.55. The summed E-state index contributed by atoms with van der Waals surface area (Å²) in [5.74, 6) is 0.324. The molecule has 0 saturated carbocycles. The van der Waals surface area contributed by atoms with E-state index in [1.165, 1.54) is 0 Å². The van der Waals surface area contributed by atoms with Crippen LogP contribution in [-0.4, -0.2) is 20.9 Å². The number of benzene rings is 2. The molecule has 1 amide bonds. The average molecular weight is 444 g/mol. The molecule has 34 heavy (non-hydrogen) atoms. The van der Waals surface area contributed by atoms with Crippen molar-refractivity contribution in [2.45, 2.75) is 13.0 Å². The lowest BCUT2D eigenvalue weighted by molar-refractivity contribution is 0.0950. The van der Waals surface area contributed by atoms with Crippen LogP contribution in [0.5, 0.6) is 0 Å². The number of nitrogens with one attached hydrogen (secondary N) is 1. The third-order valence-electron chi connectivity index (χ3n) is 5.65. The molecule has 3 N–H and O–H groups in total. The summed E-state index contributed by atoms with van der Waals surface area (Å²) in [4.78, 5) is 25.7. The molecule has 7 heteroatoms. The van der Waals surface area contributed by atoms with Crippen molar-refractivity contribution in [1.29, 1.82) is 5.26 Å². The van der Waals surface area contributed by atoms with Crippen LogP contribution in [0, 0.1) is 11.3 Å². The number of amides is 1. The molecule has 0 spiro atoms. The quantitative estimate of drug-likeness (QED) is 0.420. The van der Waals surface area contributed by atoms with Gasteiger partial charge in [-0.1, -0.05) is 18.2 Å². The van der Waals surface area contributed by atoms with Crippen molar-refractivity contribution < 1.29 is 4.79 Å². The molecule has 0 atom stereocenters. The lowest BCUT2D eigenvalue weighted by atomic mass is 10.1. The van der Waals surface area contributed by atoms with Gasteiger partial charge in [0.25, 0.3) is 5.91 Å². The highest BCUT2D eigenvalue weighted by Gasteiger charge is 2.09. The van der Waals surface area contributed by atoms with E-state index in [1.807, 2.05) is 36.4 Å². The molecular weight excluding hydrogens is 424 g/mol. The van der Waals surface area contributed by atoms with Crippen LogP contribution in [0.2, 0.25) is 0 Å². The van der Waals surface area contributed by atoms with E-state index >= 15 is 0 Å². The fourth-order valence-corrected chi connectivity index (χ4v) is 3.90. The van der Waals surface area contributed by atoms with Crippen LogP contribution >= 0.6 is 0 Å². The minimum absolute atomic E-state index is 0.168. The molecule has 0 aliphatic carbocycles. The zero-order valence-electron chi connectivity index (χ0n) is 18.2. The average Bonchev–Trinajstić information content (AvgIpc) is 2.87. The van der Waals surface area contributed by atoms with E-state index < -0.39 is 0 Å². The predicted octanol–water partition coefficient (Wildman–Crippen LogP) is 4.15. The molecule has 0 bridgehead atoms. The van der Waals surface area contributed by atoms with Gasteiger partial charge in [0, 0.05) is 53.6 Å². The summed E-state index contributed by atoms with van der Waals surface area (Å²) in [6.45, 7) is 0.397. The fraction of sp³-hybridized carbons (Fsp3) is 0.0741. The standard InChI is InChI=1S/C27H20N6O/c28-14-17-1-3-21-10-19(16-32-25(21)12-17)11-23-13-22(6-7-30-23)27(34)33-15-18-2-4-24-20(9-18)5-8-31-26(24)29/h1-10,12-13,16H,11,15H2,(H2,29,31)(H,33,34). The number of hydrogen-bond acceptors (Lipinski definition) is 6. The number of aromatic nitrogens is 3. The number of rotatable bonds is 5. The summed E-state index contributed by atoms with van der Waals surface area (Å²) in [5, 5.41) is 14.8. The Bertz CT molecular complexity index is 1590. The molecule has 0 unspecified atom stereocenters. The molecule has 0 aliphatic heterocycles. The van der Waals surface area contributed by atoms with Crippen molar-refractivity contribution in [1.82, 2.24) is 20.3 Å². The topological polar surface area (TPSA) is 118 Å². The van der Waals surface area contributed by atoms with Gasteiger partial charge in [0.15, 0.2) is 0 Å². The highest BCUT2D eigenvalue weighted by atomic mass is 16.1. The molecule has 7 nitrogen and oxygen atoms in total. The number of hydrogen-bond donors (Lipinski definition) is 2. The Morgan fingerprint density at radius 1 is 0.912 bits per heavy atom. The molecule has 5 aromatic rings. The summed E-state index contributed by atoms with van der Waals surface area (Å²) in [6.07, 6.45) is 5.64. The molecule has 0 radical (unpaired) electrons. The van der Waals surface area contributed by atoms with Gasteiger partial charge in [-0.15, -0.1) is 0 Å². The Labute approximate surface area is 195 Å². The van der Waals surface area contributed by atoms with E-state index in [2.05, 4.69) is 26.3 Å². The Hall–Kier alpha value is -4.83. The van der Waals surface area contributed by atoms with Crippen molar-refractivity contribution in [3.63, 3.8) is 0 Å². The van der Waals surface area contributed by atoms with Crippen molar-refractivity contribution in [2.24, 2.45) is 0 Å². The maximum Gasteiger partial charge on any atom is 0.251 e. The second kappa shape index (κ2) is 8.96. The van der Waals surface area contributed by atoms with Crippen LogP contribution in [0.3, 0.4) is 0 Å². The number of nitrogen functional groups attached to an aromatic ring is 1. The Balaban J connectivity index is 1.28. The Morgan fingerprint density at radius 3 is 2.65 bits per heavy atom. The highest BCUT2D eigenvalue weighted by Crippen LogP contribution is 2.20. The number of pyridine rings is 3. The maximum atomic E-state index is 12.8. The van der Waals surface area contributed by atoms with Gasteiger partial charge < -0.3 is 11.1 Å². The molecule has 3 heterocycles. The monoisotopic (exact) mass is 444 g/mol. The summed E-state index contributed by atoms with van der Waals surface area (Å²) < 4.78 is 0. The lowest BCUT2D eigenvalue weighted by Crippen LogP contribution is -2.23. The third-order valence-corrected chi connectivity index (χ3v) is 5.65. The Morgan fingerprint density at radius 2 is 1.76 bits per heavy atom. The number of nitrogens with zero attached hydrogens (tertiary/aromatic N) is 4. The summed E-state index contributed by atoms with van der Waals surface area (Å²) in [5.41, 5.74) is 10.5. The fourth-order valence-electron chi connectivity index (χ4n) is 3.90. The minimum atomic E-state index is -0.168. The van der Waals surface area contributed by atoms with Crippen LogP contribution in [0.1, 0.15) is 32.7 Å². The second-order valence-corrected chi connectivity index (χ2v) is 8.01. The molecule has 5 rings (SSSR count). The van der Waals surface area contributed by atoms with Crippen LogP contribution in [0.25, 0.3) is 21.7 Å². The minimum Gasteiger partial charge on any atom is -0.383 e. The van der Waals surface area contributed by atoms with Crippen LogP contribution in [0.4, 0.5) is 5.82 Å². The predicted molar refractivity (Wildman–Crippen MR) is 131 cm³/mol. The van der Waals surface area contributed by atoms with E-state index in [0.717, 1.165) is 38.5 Å². The van der Waals surface area contributed by atoms with Gasteiger partial charge >= 0.3 is 0 Å². The first kappa shape index (κ1) is 21.0. The molecule has 2 aromatic carbocycles. The van der Waals surface area contributed by atoms with Gasteiger partial charge in [0.05, 0.1) is 17.1 Å². The van der Waals surface area contributed by atoms with Gasteiger partial charge in [-0.3, -0.25) is 14.8 Å². The van der Waals surface area contributed by atoms with Crippen molar-refractivity contribution >= 4 is 33.4 Å². The lowest BCUT2D eigenvalue weighted by Gasteiger charge is -2.09. The zero-order valence-corrected chi connectivity index (χ0v) is 18.2. The number of nitriles is 1. The third kappa shape index (κ3) is 4.38. The first-order chi connectivity index (χ1) is 16.6. The van der Waals surface area contributed by atoms with Gasteiger partial charge in [-0.25, -0.2) is 4.98 Å². The van der Waals surface area contributed by atoms with Gasteiger partial charge in [0.1, 0.15) is 5.82 Å². The molecule has 164 valence electrons. The SMILES string of the molecule is N#Cc1ccc2cc(Cc3cc(C(=O)NCc4ccc5c(N)nccc5c4)ccn3)cnc2c1. The number of fused-ring (bicyclic) bond motifs is 2. The largest absolute Gasteiger partial charge is 0.383 e. The molecule has 0 aliphatic rings. The van der Waals surface area contributed by atoms with Crippen LogP contribution in [-0.2, 0) is 13.0 Å².